The Morgan fingerprint density at radius 3 is 2.70 bits per heavy atom. The van der Waals surface area contributed by atoms with E-state index in [9.17, 15) is 4.79 Å². The molecule has 0 heterocycles. The Morgan fingerprint density at radius 1 is 1.70 bits per heavy atom. The maximum atomic E-state index is 10.1. The number of ether oxygens (including phenoxy) is 1. The summed E-state index contributed by atoms with van der Waals surface area (Å²) in [7, 11) is 0. The van der Waals surface area contributed by atoms with Crippen molar-refractivity contribution in [1.82, 2.24) is 0 Å². The third-order valence-electron chi connectivity index (χ3n) is 1.29. The van der Waals surface area contributed by atoms with Gasteiger partial charge in [0, 0.05) is 0 Å². The summed E-state index contributed by atoms with van der Waals surface area (Å²) in [4.78, 5) is 10.1. The van der Waals surface area contributed by atoms with E-state index in [-0.39, 0.29) is 0 Å². The molecule has 0 aromatic rings. The summed E-state index contributed by atoms with van der Waals surface area (Å²) < 4.78 is 4.60. The fourth-order valence-electron chi connectivity index (χ4n) is 0.801. The average Bonchev–Trinajstić information content (AvgIpc) is 1.85. The van der Waals surface area contributed by atoms with Crippen molar-refractivity contribution in [3.63, 3.8) is 0 Å². The highest BCUT2D eigenvalue weighted by Crippen LogP contribution is 2.04. The molecule has 0 aliphatic rings. The monoisotopic (exact) mass is 145 g/mol. The highest BCUT2D eigenvalue weighted by molar-refractivity contribution is 5.64. The van der Waals surface area contributed by atoms with E-state index in [2.05, 4.69) is 11.7 Å². The summed E-state index contributed by atoms with van der Waals surface area (Å²) in [6, 6.07) is 0. The fraction of sp³-hybridized carbons (Fsp3) is 0.857. The lowest BCUT2D eigenvalue weighted by Crippen LogP contribution is -2.17. The van der Waals surface area contributed by atoms with E-state index in [0.717, 1.165) is 12.8 Å². The molecule has 1 atom stereocenters. The summed E-state index contributed by atoms with van der Waals surface area (Å²) in [5.41, 5.74) is 4.78. The van der Waals surface area contributed by atoms with Crippen molar-refractivity contribution in [2.24, 2.45) is 11.7 Å². The van der Waals surface area contributed by atoms with E-state index < -0.39 is 6.09 Å². The predicted molar refractivity (Wildman–Crippen MR) is 39.6 cm³/mol. The van der Waals surface area contributed by atoms with Gasteiger partial charge in [0.15, 0.2) is 0 Å². The van der Waals surface area contributed by atoms with Crippen LogP contribution in [0.15, 0.2) is 0 Å². The molecule has 0 rings (SSSR count). The van der Waals surface area contributed by atoms with Gasteiger partial charge in [-0.15, -0.1) is 0 Å². The van der Waals surface area contributed by atoms with E-state index in [1.807, 2.05) is 6.92 Å². The topological polar surface area (TPSA) is 52.3 Å². The van der Waals surface area contributed by atoms with Crippen LogP contribution in [-0.4, -0.2) is 12.7 Å². The van der Waals surface area contributed by atoms with Crippen molar-refractivity contribution >= 4 is 6.09 Å². The molecule has 0 aliphatic carbocycles. The summed E-state index contributed by atoms with van der Waals surface area (Å²) in [5, 5.41) is 0. The number of nitrogens with two attached hydrogens (primary N) is 1. The van der Waals surface area contributed by atoms with Crippen LogP contribution in [0, 0.1) is 5.92 Å². The maximum absolute atomic E-state index is 10.1. The standard InChI is InChI=1S/C7H15NO2/c1-3-4-6(2)5-10-7(8)9/h6H,3-5H2,1-2H3,(H2,8,9)/t6-/m0/s1. The molecule has 0 radical (unpaired) electrons. The summed E-state index contributed by atoms with van der Waals surface area (Å²) in [6.07, 6.45) is 1.51. The van der Waals surface area contributed by atoms with Crippen LogP contribution in [0.1, 0.15) is 26.7 Å². The third kappa shape index (κ3) is 5.41. The van der Waals surface area contributed by atoms with Crippen molar-refractivity contribution in [2.75, 3.05) is 6.61 Å². The van der Waals surface area contributed by atoms with E-state index in [0.29, 0.717) is 12.5 Å². The van der Waals surface area contributed by atoms with E-state index in [1.165, 1.54) is 0 Å². The zero-order chi connectivity index (χ0) is 7.98. The van der Waals surface area contributed by atoms with Gasteiger partial charge in [-0.3, -0.25) is 0 Å². The Labute approximate surface area is 61.5 Å². The SMILES string of the molecule is CCC[C@H](C)COC(N)=O. The van der Waals surface area contributed by atoms with Gasteiger partial charge >= 0.3 is 6.09 Å². The average molecular weight is 145 g/mol. The predicted octanol–water partition coefficient (Wildman–Crippen LogP) is 1.52. The Bertz CT molecular complexity index is 104. The van der Waals surface area contributed by atoms with Crippen molar-refractivity contribution in [3.8, 4) is 0 Å². The lowest BCUT2D eigenvalue weighted by Gasteiger charge is -2.08. The zero-order valence-electron chi connectivity index (χ0n) is 6.59. The van der Waals surface area contributed by atoms with Crippen LogP contribution in [0.5, 0.6) is 0 Å². The number of rotatable bonds is 4. The van der Waals surface area contributed by atoms with Gasteiger partial charge in [0.25, 0.3) is 0 Å². The van der Waals surface area contributed by atoms with Gasteiger partial charge in [0.05, 0.1) is 6.61 Å². The lowest BCUT2D eigenvalue weighted by molar-refractivity contribution is 0.137. The van der Waals surface area contributed by atoms with Crippen LogP contribution in [0.2, 0.25) is 0 Å². The number of amides is 1. The first-order valence-electron chi connectivity index (χ1n) is 3.59. The fourth-order valence-corrected chi connectivity index (χ4v) is 0.801. The van der Waals surface area contributed by atoms with Crippen LogP contribution in [0.25, 0.3) is 0 Å². The van der Waals surface area contributed by atoms with Crippen LogP contribution >= 0.6 is 0 Å². The van der Waals surface area contributed by atoms with Crippen molar-refractivity contribution in [3.05, 3.63) is 0 Å². The van der Waals surface area contributed by atoms with Crippen LogP contribution < -0.4 is 5.73 Å². The van der Waals surface area contributed by atoms with Gasteiger partial charge in [-0.2, -0.15) is 0 Å². The van der Waals surface area contributed by atoms with Gasteiger partial charge in [-0.25, -0.2) is 4.79 Å². The molecular formula is C7H15NO2. The van der Waals surface area contributed by atoms with Crippen LogP contribution in [-0.2, 0) is 4.74 Å². The van der Waals surface area contributed by atoms with Crippen molar-refractivity contribution in [1.29, 1.82) is 0 Å². The molecule has 0 aromatic heterocycles. The van der Waals surface area contributed by atoms with E-state index in [1.54, 1.807) is 0 Å². The molecule has 0 spiro atoms. The van der Waals surface area contributed by atoms with E-state index >= 15 is 0 Å². The van der Waals surface area contributed by atoms with Crippen LogP contribution in [0.4, 0.5) is 4.79 Å². The molecule has 0 bridgehead atoms. The Balaban J connectivity index is 3.21. The van der Waals surface area contributed by atoms with Crippen LogP contribution in [0.3, 0.4) is 0 Å². The maximum Gasteiger partial charge on any atom is 0.404 e. The first-order chi connectivity index (χ1) is 4.66. The molecular weight excluding hydrogens is 130 g/mol. The van der Waals surface area contributed by atoms with Crippen molar-refractivity contribution in [2.45, 2.75) is 26.7 Å². The minimum absolute atomic E-state index is 0.428. The summed E-state index contributed by atoms with van der Waals surface area (Å²) in [5.74, 6) is 0.428. The summed E-state index contributed by atoms with van der Waals surface area (Å²) >= 11 is 0. The minimum atomic E-state index is -0.678. The molecule has 2 N–H and O–H groups in total. The Kier molecular flexibility index (Phi) is 4.72. The molecule has 0 fully saturated rings. The molecule has 0 aliphatic heterocycles. The molecule has 1 amide bonds. The Hall–Kier alpha value is -0.730. The molecule has 0 saturated heterocycles. The van der Waals surface area contributed by atoms with Crippen molar-refractivity contribution < 1.29 is 9.53 Å². The molecule has 0 unspecified atom stereocenters. The first-order valence-corrected chi connectivity index (χ1v) is 3.59. The molecule has 10 heavy (non-hydrogen) atoms. The molecule has 3 nitrogen and oxygen atoms in total. The number of hydrogen-bond acceptors (Lipinski definition) is 2. The second-order valence-corrected chi connectivity index (χ2v) is 2.52. The molecule has 0 aromatic carbocycles. The summed E-state index contributed by atoms with van der Waals surface area (Å²) in [6.45, 7) is 4.58. The quantitative estimate of drug-likeness (QED) is 0.652. The normalized spacial score (nSPS) is 12.6. The minimum Gasteiger partial charge on any atom is -0.449 e. The highest BCUT2D eigenvalue weighted by Gasteiger charge is 2.01. The zero-order valence-corrected chi connectivity index (χ0v) is 6.59. The third-order valence-corrected chi connectivity index (χ3v) is 1.29. The highest BCUT2D eigenvalue weighted by atomic mass is 16.5. The lowest BCUT2D eigenvalue weighted by atomic mass is 10.1. The molecule has 0 saturated carbocycles. The second kappa shape index (κ2) is 5.09. The smallest absolute Gasteiger partial charge is 0.404 e. The van der Waals surface area contributed by atoms with Gasteiger partial charge in [-0.1, -0.05) is 20.3 Å². The molecule has 3 heteroatoms. The van der Waals surface area contributed by atoms with Gasteiger partial charge in [-0.05, 0) is 12.3 Å². The number of carbonyl (C=O) groups excluding carboxylic acids is 1. The van der Waals surface area contributed by atoms with Gasteiger partial charge in [0.1, 0.15) is 0 Å². The van der Waals surface area contributed by atoms with Gasteiger partial charge in [0.2, 0.25) is 0 Å². The molecule has 60 valence electrons. The Morgan fingerprint density at radius 2 is 2.30 bits per heavy atom. The number of carbonyl (C=O) groups is 1. The second-order valence-electron chi connectivity index (χ2n) is 2.52. The number of primary amides is 1. The largest absolute Gasteiger partial charge is 0.449 e. The van der Waals surface area contributed by atoms with Gasteiger partial charge < -0.3 is 10.5 Å². The first kappa shape index (κ1) is 9.27. The van der Waals surface area contributed by atoms with E-state index in [4.69, 9.17) is 5.73 Å². The number of hydrogen-bond donors (Lipinski definition) is 1.